The van der Waals surface area contributed by atoms with Crippen molar-refractivity contribution < 1.29 is 8.42 Å². The second-order valence-corrected chi connectivity index (χ2v) is 8.24. The summed E-state index contributed by atoms with van der Waals surface area (Å²) in [5.41, 5.74) is 0.898. The summed E-state index contributed by atoms with van der Waals surface area (Å²) < 4.78 is 27.8. The van der Waals surface area contributed by atoms with Crippen molar-refractivity contribution in [1.29, 1.82) is 0 Å². The van der Waals surface area contributed by atoms with Gasteiger partial charge in [0.25, 0.3) is 0 Å². The Kier molecular flexibility index (Phi) is 4.45. The summed E-state index contributed by atoms with van der Waals surface area (Å²) in [4.78, 5) is 2.48. The lowest BCUT2D eigenvalue weighted by Crippen LogP contribution is -2.22. The minimum absolute atomic E-state index is 0.293. The highest BCUT2D eigenvalue weighted by Gasteiger charge is 2.14. The highest BCUT2D eigenvalue weighted by Crippen LogP contribution is 2.21. The Morgan fingerprint density at radius 3 is 2.53 bits per heavy atom. The summed E-state index contributed by atoms with van der Waals surface area (Å²) in [5.74, 6) is 0. The van der Waals surface area contributed by atoms with Crippen molar-refractivity contribution in [3.8, 4) is 0 Å². The molecular weight excluding hydrogens is 346 g/mol. The van der Waals surface area contributed by atoms with E-state index in [2.05, 4.69) is 20.7 Å². The number of hydrogen-bond acceptors (Lipinski definition) is 3. The first-order valence-corrected chi connectivity index (χ1v) is 8.79. The lowest BCUT2D eigenvalue weighted by atomic mass is 10.2. The van der Waals surface area contributed by atoms with Crippen LogP contribution in [0.1, 0.15) is 15.3 Å². The Balaban J connectivity index is 2.16. The highest BCUT2D eigenvalue weighted by atomic mass is 79.9. The Morgan fingerprint density at radius 1 is 1.21 bits per heavy atom. The van der Waals surface area contributed by atoms with E-state index in [-0.39, 0.29) is 0 Å². The van der Waals surface area contributed by atoms with Gasteiger partial charge in [0.15, 0.2) is 0 Å². The second kappa shape index (κ2) is 5.75. The monoisotopic (exact) mass is 359 g/mol. The van der Waals surface area contributed by atoms with Gasteiger partial charge in [-0.05, 0) is 49.7 Å². The molecule has 0 aliphatic rings. The first-order valence-electron chi connectivity index (χ1n) is 5.69. The summed E-state index contributed by atoms with van der Waals surface area (Å²) in [6.45, 7) is 4.20. The van der Waals surface area contributed by atoms with E-state index in [0.717, 1.165) is 14.9 Å². The van der Waals surface area contributed by atoms with Gasteiger partial charge in [-0.2, -0.15) is 0 Å². The van der Waals surface area contributed by atoms with Gasteiger partial charge in [0, 0.05) is 20.8 Å². The van der Waals surface area contributed by atoms with Crippen LogP contribution in [0.5, 0.6) is 0 Å². The van der Waals surface area contributed by atoms with E-state index in [0.29, 0.717) is 11.4 Å². The van der Waals surface area contributed by atoms with Crippen molar-refractivity contribution >= 4 is 37.3 Å². The summed E-state index contributed by atoms with van der Waals surface area (Å²) in [6.07, 6.45) is 0. The molecule has 0 aliphatic heterocycles. The van der Waals surface area contributed by atoms with Gasteiger partial charge in [0.1, 0.15) is 0 Å². The van der Waals surface area contributed by atoms with Crippen molar-refractivity contribution in [1.82, 2.24) is 4.72 Å². The first-order chi connectivity index (χ1) is 8.88. The van der Waals surface area contributed by atoms with E-state index in [1.54, 1.807) is 29.5 Å². The molecule has 0 amide bonds. The number of sulfonamides is 1. The van der Waals surface area contributed by atoms with Gasteiger partial charge >= 0.3 is 0 Å². The maximum absolute atomic E-state index is 12.2. The minimum atomic E-state index is -3.45. The maximum atomic E-state index is 12.2. The van der Waals surface area contributed by atoms with Crippen LogP contribution in [-0.2, 0) is 16.6 Å². The predicted molar refractivity (Wildman–Crippen MR) is 82.0 cm³/mol. The summed E-state index contributed by atoms with van der Waals surface area (Å²) >= 11 is 4.96. The molecule has 0 unspecified atom stereocenters. The molecule has 0 atom stereocenters. The molecule has 19 heavy (non-hydrogen) atoms. The lowest BCUT2D eigenvalue weighted by molar-refractivity contribution is 0.581. The van der Waals surface area contributed by atoms with E-state index in [1.807, 2.05) is 26.0 Å². The second-order valence-electron chi connectivity index (χ2n) is 4.25. The number of rotatable bonds is 4. The smallest absolute Gasteiger partial charge is 0.207 e. The molecule has 3 nitrogen and oxygen atoms in total. The number of halogens is 1. The van der Waals surface area contributed by atoms with Crippen molar-refractivity contribution in [2.75, 3.05) is 0 Å². The molecule has 0 fully saturated rings. The zero-order valence-electron chi connectivity index (χ0n) is 10.6. The Morgan fingerprint density at radius 2 is 1.95 bits per heavy atom. The molecular formula is C13H14BrNO2S2. The lowest BCUT2D eigenvalue weighted by Gasteiger charge is -2.07. The van der Waals surface area contributed by atoms with Crippen LogP contribution in [0.25, 0.3) is 0 Å². The summed E-state index contributed by atoms with van der Waals surface area (Å²) in [6, 6.07) is 8.93. The fourth-order valence-electron chi connectivity index (χ4n) is 1.61. The van der Waals surface area contributed by atoms with Crippen molar-refractivity contribution in [3.05, 3.63) is 50.1 Å². The normalized spacial score (nSPS) is 11.7. The van der Waals surface area contributed by atoms with Gasteiger partial charge in [0.05, 0.1) is 4.90 Å². The summed E-state index contributed by atoms with van der Waals surface area (Å²) in [5, 5.41) is 0. The SMILES string of the molecule is Cc1ccc(CNS(=O)(=O)c2ccc(Br)c(C)c2)s1. The fraction of sp³-hybridized carbons (Fsp3) is 0.231. The molecule has 6 heteroatoms. The van der Waals surface area contributed by atoms with Gasteiger partial charge in [-0.15, -0.1) is 11.3 Å². The number of aryl methyl sites for hydroxylation is 2. The van der Waals surface area contributed by atoms with E-state index in [9.17, 15) is 8.42 Å². The molecule has 102 valence electrons. The molecule has 1 aromatic heterocycles. The summed E-state index contributed by atoms with van der Waals surface area (Å²) in [7, 11) is -3.45. The van der Waals surface area contributed by atoms with Crippen LogP contribution in [-0.4, -0.2) is 8.42 Å². The maximum Gasteiger partial charge on any atom is 0.240 e. The molecule has 2 rings (SSSR count). The van der Waals surface area contributed by atoms with E-state index >= 15 is 0 Å². The third-order valence-electron chi connectivity index (χ3n) is 2.67. The fourth-order valence-corrected chi connectivity index (χ4v) is 3.87. The highest BCUT2D eigenvalue weighted by molar-refractivity contribution is 9.10. The van der Waals surface area contributed by atoms with E-state index < -0.39 is 10.0 Å². The molecule has 0 aliphatic carbocycles. The molecule has 1 N–H and O–H groups in total. The molecule has 0 saturated carbocycles. The average Bonchev–Trinajstić information content (AvgIpc) is 2.76. The van der Waals surface area contributed by atoms with Crippen molar-refractivity contribution in [3.63, 3.8) is 0 Å². The van der Waals surface area contributed by atoms with E-state index in [4.69, 9.17) is 0 Å². The van der Waals surface area contributed by atoms with Gasteiger partial charge in [-0.1, -0.05) is 15.9 Å². The quantitative estimate of drug-likeness (QED) is 0.906. The topological polar surface area (TPSA) is 46.2 Å². The Labute approximate surface area is 125 Å². The molecule has 1 aromatic carbocycles. The molecule has 2 aromatic rings. The van der Waals surface area contributed by atoms with Gasteiger partial charge in [0.2, 0.25) is 10.0 Å². The average molecular weight is 360 g/mol. The molecule has 0 saturated heterocycles. The van der Waals surface area contributed by atoms with Gasteiger partial charge in [-0.3, -0.25) is 0 Å². The number of thiophene rings is 1. The van der Waals surface area contributed by atoms with Crippen molar-refractivity contribution in [2.45, 2.75) is 25.3 Å². The number of hydrogen-bond donors (Lipinski definition) is 1. The van der Waals surface area contributed by atoms with Crippen LogP contribution in [0.2, 0.25) is 0 Å². The van der Waals surface area contributed by atoms with Crippen LogP contribution in [0, 0.1) is 13.8 Å². The van der Waals surface area contributed by atoms with Gasteiger partial charge in [-0.25, -0.2) is 13.1 Å². The predicted octanol–water partition coefficient (Wildman–Crippen LogP) is 3.61. The van der Waals surface area contributed by atoms with Crippen LogP contribution >= 0.6 is 27.3 Å². The standard InChI is InChI=1S/C13H14BrNO2S2/c1-9-7-12(5-6-13(9)14)19(16,17)15-8-11-4-3-10(2)18-11/h3-7,15H,8H2,1-2H3. The largest absolute Gasteiger partial charge is 0.240 e. The number of nitrogens with one attached hydrogen (secondary N) is 1. The van der Waals surface area contributed by atoms with E-state index in [1.165, 1.54) is 4.88 Å². The molecule has 1 heterocycles. The Bertz CT molecular complexity index is 692. The zero-order chi connectivity index (χ0) is 14.0. The minimum Gasteiger partial charge on any atom is -0.207 e. The van der Waals surface area contributed by atoms with Crippen LogP contribution in [0.15, 0.2) is 39.7 Å². The molecule has 0 spiro atoms. The number of benzene rings is 1. The first kappa shape index (κ1) is 14.7. The Hall–Kier alpha value is -0.690. The van der Waals surface area contributed by atoms with Gasteiger partial charge < -0.3 is 0 Å². The van der Waals surface area contributed by atoms with Crippen LogP contribution < -0.4 is 4.72 Å². The van der Waals surface area contributed by atoms with Crippen LogP contribution in [0.4, 0.5) is 0 Å². The van der Waals surface area contributed by atoms with Crippen LogP contribution in [0.3, 0.4) is 0 Å². The zero-order valence-corrected chi connectivity index (χ0v) is 13.8. The third kappa shape index (κ3) is 3.66. The van der Waals surface area contributed by atoms with Crippen molar-refractivity contribution in [2.24, 2.45) is 0 Å². The molecule has 0 radical (unpaired) electrons. The third-order valence-corrected chi connectivity index (χ3v) is 5.96. The molecule has 0 bridgehead atoms.